The first-order chi connectivity index (χ1) is 11.6. The maximum atomic E-state index is 12.1. The molecule has 1 aromatic heterocycles. The first-order valence-electron chi connectivity index (χ1n) is 7.47. The van der Waals surface area contributed by atoms with Crippen molar-refractivity contribution in [3.63, 3.8) is 0 Å². The predicted molar refractivity (Wildman–Crippen MR) is 92.4 cm³/mol. The van der Waals surface area contributed by atoms with E-state index >= 15 is 0 Å². The van der Waals surface area contributed by atoms with E-state index in [0.29, 0.717) is 24.8 Å². The number of rotatable bonds is 3. The van der Waals surface area contributed by atoms with Gasteiger partial charge in [-0.3, -0.25) is 4.79 Å². The summed E-state index contributed by atoms with van der Waals surface area (Å²) in [6, 6.07) is 5.41. The molecule has 0 unspecified atom stereocenters. The minimum atomic E-state index is -0.212. The molecule has 1 aliphatic rings. The Balaban J connectivity index is 1.99. The van der Waals surface area contributed by atoms with E-state index < -0.39 is 0 Å². The monoisotopic (exact) mass is 344 g/mol. The summed E-state index contributed by atoms with van der Waals surface area (Å²) in [4.78, 5) is 21.9. The van der Waals surface area contributed by atoms with Crippen molar-refractivity contribution in [2.45, 2.75) is 6.04 Å². The molecule has 1 atom stereocenters. The van der Waals surface area contributed by atoms with Crippen LogP contribution in [0.1, 0.15) is 11.6 Å². The Morgan fingerprint density at radius 1 is 1.33 bits per heavy atom. The smallest absolute Gasteiger partial charge is 0.246 e. The zero-order chi connectivity index (χ0) is 17.1. The highest BCUT2D eigenvalue weighted by Gasteiger charge is 2.27. The first-order valence-corrected chi connectivity index (χ1v) is 7.85. The molecule has 2 aromatic rings. The number of carbonyl (C=O) groups is 1. The van der Waals surface area contributed by atoms with Crippen LogP contribution < -0.4 is 5.73 Å². The van der Waals surface area contributed by atoms with Crippen LogP contribution in [0.5, 0.6) is 0 Å². The molecule has 7 heteroatoms. The molecular weight excluding hydrogens is 328 g/mol. The number of nitrogens with two attached hydrogens (primary N) is 1. The maximum Gasteiger partial charge on any atom is 0.246 e. The van der Waals surface area contributed by atoms with E-state index in [0.717, 1.165) is 16.7 Å². The number of anilines is 1. The average molecular weight is 345 g/mol. The third-order valence-corrected chi connectivity index (χ3v) is 4.11. The van der Waals surface area contributed by atoms with E-state index in [-0.39, 0.29) is 17.9 Å². The van der Waals surface area contributed by atoms with Crippen LogP contribution in [0.4, 0.5) is 5.95 Å². The third-order valence-electron chi connectivity index (χ3n) is 3.90. The molecule has 0 bridgehead atoms. The van der Waals surface area contributed by atoms with Crippen molar-refractivity contribution in [2.24, 2.45) is 0 Å². The molecule has 3 rings (SSSR count). The summed E-state index contributed by atoms with van der Waals surface area (Å²) < 4.78 is 5.55. The lowest BCUT2D eigenvalue weighted by atomic mass is 9.99. The fourth-order valence-electron chi connectivity index (χ4n) is 2.72. The Morgan fingerprint density at radius 2 is 2.08 bits per heavy atom. The molecule has 1 saturated heterocycles. The van der Waals surface area contributed by atoms with Crippen LogP contribution >= 0.6 is 11.6 Å². The van der Waals surface area contributed by atoms with Gasteiger partial charge < -0.3 is 15.4 Å². The molecule has 6 nitrogen and oxygen atoms in total. The SMILES string of the molecule is C=CC(=O)N1CCOC[C@H]1c1cc(Cl)cc(-c2cnc(N)nc2)c1. The number of benzene rings is 1. The molecule has 1 aromatic carbocycles. The van der Waals surface area contributed by atoms with Gasteiger partial charge in [-0.1, -0.05) is 18.2 Å². The normalized spacial score (nSPS) is 17.5. The maximum absolute atomic E-state index is 12.1. The minimum absolute atomic E-state index is 0.124. The second-order valence-corrected chi connectivity index (χ2v) is 5.87. The lowest BCUT2D eigenvalue weighted by Gasteiger charge is -2.35. The van der Waals surface area contributed by atoms with Gasteiger partial charge in [0.1, 0.15) is 0 Å². The van der Waals surface area contributed by atoms with Crippen molar-refractivity contribution >= 4 is 23.5 Å². The van der Waals surface area contributed by atoms with Crippen LogP contribution in [0.15, 0.2) is 43.2 Å². The van der Waals surface area contributed by atoms with Crippen LogP contribution in [0, 0.1) is 0 Å². The molecule has 2 heterocycles. The number of nitrogens with zero attached hydrogens (tertiary/aromatic N) is 3. The Labute approximate surface area is 144 Å². The summed E-state index contributed by atoms with van der Waals surface area (Å²) >= 11 is 6.28. The van der Waals surface area contributed by atoms with Crippen LogP contribution in [-0.2, 0) is 9.53 Å². The van der Waals surface area contributed by atoms with E-state index in [1.807, 2.05) is 18.2 Å². The summed E-state index contributed by atoms with van der Waals surface area (Å²) in [6.45, 7) is 5.01. The fourth-order valence-corrected chi connectivity index (χ4v) is 2.96. The zero-order valence-corrected chi connectivity index (χ0v) is 13.7. The second-order valence-electron chi connectivity index (χ2n) is 5.43. The number of carbonyl (C=O) groups excluding carboxylic acids is 1. The number of hydrogen-bond donors (Lipinski definition) is 1. The van der Waals surface area contributed by atoms with Crippen molar-refractivity contribution in [1.82, 2.24) is 14.9 Å². The number of nitrogen functional groups attached to an aromatic ring is 1. The van der Waals surface area contributed by atoms with Crippen molar-refractivity contribution in [3.8, 4) is 11.1 Å². The summed E-state index contributed by atoms with van der Waals surface area (Å²) in [5.74, 6) is 0.0880. The topological polar surface area (TPSA) is 81.3 Å². The van der Waals surface area contributed by atoms with Gasteiger partial charge in [-0.05, 0) is 35.4 Å². The zero-order valence-electron chi connectivity index (χ0n) is 13.0. The Morgan fingerprint density at radius 3 is 2.79 bits per heavy atom. The fraction of sp³-hybridized carbons (Fsp3) is 0.235. The molecule has 0 radical (unpaired) electrons. The highest BCUT2D eigenvalue weighted by Crippen LogP contribution is 2.31. The Bertz CT molecular complexity index is 764. The molecule has 24 heavy (non-hydrogen) atoms. The number of morpholine rings is 1. The molecule has 0 spiro atoms. The van der Waals surface area contributed by atoms with Crippen molar-refractivity contribution < 1.29 is 9.53 Å². The number of aromatic nitrogens is 2. The van der Waals surface area contributed by atoms with Crippen molar-refractivity contribution in [1.29, 1.82) is 0 Å². The summed E-state index contributed by atoms with van der Waals surface area (Å²) in [6.07, 6.45) is 4.60. The van der Waals surface area contributed by atoms with Gasteiger partial charge >= 0.3 is 0 Å². The molecular formula is C17H17ClN4O2. The quantitative estimate of drug-likeness (QED) is 0.865. The summed E-state index contributed by atoms with van der Waals surface area (Å²) in [7, 11) is 0. The van der Waals surface area contributed by atoms with Gasteiger partial charge in [-0.2, -0.15) is 0 Å². The average Bonchev–Trinajstić information content (AvgIpc) is 2.61. The van der Waals surface area contributed by atoms with E-state index in [9.17, 15) is 4.79 Å². The molecule has 0 saturated carbocycles. The van der Waals surface area contributed by atoms with Gasteiger partial charge in [0.25, 0.3) is 0 Å². The van der Waals surface area contributed by atoms with Gasteiger partial charge in [0.15, 0.2) is 0 Å². The number of ether oxygens (including phenoxy) is 1. The summed E-state index contributed by atoms with van der Waals surface area (Å²) in [5.41, 5.74) is 8.08. The number of halogens is 1. The molecule has 124 valence electrons. The predicted octanol–water partition coefficient (Wildman–Crippen LogP) is 2.47. The lowest BCUT2D eigenvalue weighted by Crippen LogP contribution is -2.42. The van der Waals surface area contributed by atoms with Crippen LogP contribution in [0.25, 0.3) is 11.1 Å². The first kappa shape index (κ1) is 16.4. The molecule has 2 N–H and O–H groups in total. The number of amides is 1. The molecule has 1 aliphatic heterocycles. The minimum Gasteiger partial charge on any atom is -0.377 e. The highest BCUT2D eigenvalue weighted by atomic mass is 35.5. The van der Waals surface area contributed by atoms with Gasteiger partial charge in [-0.25, -0.2) is 9.97 Å². The van der Waals surface area contributed by atoms with Gasteiger partial charge in [-0.15, -0.1) is 0 Å². The Kier molecular flexibility index (Phi) is 4.78. The van der Waals surface area contributed by atoms with Crippen molar-refractivity contribution in [2.75, 3.05) is 25.5 Å². The van der Waals surface area contributed by atoms with Crippen molar-refractivity contribution in [3.05, 3.63) is 53.8 Å². The van der Waals surface area contributed by atoms with Gasteiger partial charge in [0, 0.05) is 29.5 Å². The van der Waals surface area contributed by atoms with E-state index in [4.69, 9.17) is 22.1 Å². The van der Waals surface area contributed by atoms with Crippen LogP contribution in [0.2, 0.25) is 5.02 Å². The van der Waals surface area contributed by atoms with E-state index in [1.54, 1.807) is 17.3 Å². The highest BCUT2D eigenvalue weighted by molar-refractivity contribution is 6.31. The standard InChI is InChI=1S/C17H17ClN4O2/c1-2-16(23)22-3-4-24-10-15(22)12-5-11(6-14(18)7-12)13-8-20-17(19)21-9-13/h2,5-9,15H,1,3-4,10H2,(H2,19,20,21)/t15-/m0/s1. The number of hydrogen-bond acceptors (Lipinski definition) is 5. The largest absolute Gasteiger partial charge is 0.377 e. The van der Waals surface area contributed by atoms with Gasteiger partial charge in [0.2, 0.25) is 11.9 Å². The second kappa shape index (κ2) is 6.98. The molecule has 1 amide bonds. The van der Waals surface area contributed by atoms with Crippen LogP contribution in [0.3, 0.4) is 0 Å². The molecule has 0 aliphatic carbocycles. The summed E-state index contributed by atoms with van der Waals surface area (Å²) in [5, 5.41) is 0.566. The third kappa shape index (κ3) is 3.39. The Hall–Kier alpha value is -2.44. The lowest BCUT2D eigenvalue weighted by molar-refractivity contribution is -0.134. The van der Waals surface area contributed by atoms with E-state index in [2.05, 4.69) is 16.5 Å². The van der Waals surface area contributed by atoms with E-state index in [1.165, 1.54) is 6.08 Å². The van der Waals surface area contributed by atoms with Gasteiger partial charge in [0.05, 0.1) is 19.3 Å². The molecule has 1 fully saturated rings. The van der Waals surface area contributed by atoms with Crippen LogP contribution in [-0.4, -0.2) is 40.5 Å².